The summed E-state index contributed by atoms with van der Waals surface area (Å²) in [4.78, 5) is 5.15. The summed E-state index contributed by atoms with van der Waals surface area (Å²) in [6.07, 6.45) is 12.2. The highest BCUT2D eigenvalue weighted by Gasteiger charge is 2.51. The number of hydrogen-bond acceptors (Lipinski definition) is 2. The minimum atomic E-state index is -0.217. The van der Waals surface area contributed by atoms with E-state index in [-0.39, 0.29) is 5.41 Å². The minimum absolute atomic E-state index is 0.217. The molecule has 0 spiro atoms. The lowest BCUT2D eigenvalue weighted by molar-refractivity contribution is -0.00518. The standard InChI is InChI=1S/C83H72N2/c1-82(2)76-28-16-27-74(63-21-11-5-12-22-63)81(76)75-46-45-71(52-77(75)82)85(69-41-37-66(38-42-69)80-72(61-17-7-3-8-18-61)25-15-26-73(80)62-19-9-4-10-20-62)79-51-57-30-34-64-33-29-56(31-35-65(79)36-32-57)50-78(64)84(68-23-13-6-14-24-68)70-43-39-67(40-44-70)83-53-58-47-59(54-83)49-60(48-58)55-83/h3-29,32-33,36-46,50-52,58-60H,30-31,34-35,47-49,53-55H2,1-2H3. The molecule has 0 saturated heterocycles. The van der Waals surface area contributed by atoms with E-state index in [4.69, 9.17) is 0 Å². The maximum atomic E-state index is 2.59. The van der Waals surface area contributed by atoms with E-state index >= 15 is 0 Å². The van der Waals surface area contributed by atoms with Crippen LogP contribution in [0.15, 0.2) is 261 Å². The van der Waals surface area contributed by atoms with Crippen LogP contribution in [0, 0.1) is 17.8 Å². The number of benzene rings is 11. The van der Waals surface area contributed by atoms with E-state index in [2.05, 4.69) is 285 Å². The van der Waals surface area contributed by atoms with Gasteiger partial charge in [-0.3, -0.25) is 0 Å². The highest BCUT2D eigenvalue weighted by molar-refractivity contribution is 5.97. The lowest BCUT2D eigenvalue weighted by atomic mass is 9.48. The molecule has 8 bridgehead atoms. The van der Waals surface area contributed by atoms with Crippen molar-refractivity contribution in [3.63, 3.8) is 0 Å². The molecule has 414 valence electrons. The van der Waals surface area contributed by atoms with Gasteiger partial charge < -0.3 is 9.80 Å². The van der Waals surface area contributed by atoms with Gasteiger partial charge in [0.2, 0.25) is 0 Å². The second-order valence-corrected chi connectivity index (χ2v) is 26.1. The molecule has 4 saturated carbocycles. The average Bonchev–Trinajstić information content (AvgIpc) is 1.96. The maximum Gasteiger partial charge on any atom is 0.0496 e. The zero-order chi connectivity index (χ0) is 56.6. The number of hydrogen-bond donors (Lipinski definition) is 0. The topological polar surface area (TPSA) is 6.48 Å². The molecule has 0 N–H and O–H groups in total. The molecule has 2 nitrogen and oxygen atoms in total. The first-order valence-corrected chi connectivity index (χ1v) is 31.5. The molecule has 0 aliphatic heterocycles. The molecule has 0 unspecified atom stereocenters. The van der Waals surface area contributed by atoms with Gasteiger partial charge in [-0.15, -0.1) is 0 Å². The van der Waals surface area contributed by atoms with Gasteiger partial charge in [-0.25, -0.2) is 0 Å². The Balaban J connectivity index is 0.802. The summed E-state index contributed by atoms with van der Waals surface area (Å²) < 4.78 is 0. The Kier molecular flexibility index (Phi) is 12.7. The van der Waals surface area contributed by atoms with Crippen molar-refractivity contribution >= 4 is 34.1 Å². The van der Waals surface area contributed by atoms with Crippen LogP contribution < -0.4 is 9.80 Å². The minimum Gasteiger partial charge on any atom is -0.310 e. The van der Waals surface area contributed by atoms with Crippen molar-refractivity contribution in [2.75, 3.05) is 9.80 Å². The van der Waals surface area contributed by atoms with Gasteiger partial charge in [0.25, 0.3) is 0 Å². The molecular formula is C83H72N2. The maximum absolute atomic E-state index is 2.59. The van der Waals surface area contributed by atoms with E-state index in [1.54, 1.807) is 5.56 Å². The molecule has 0 amide bonds. The second kappa shape index (κ2) is 21.0. The van der Waals surface area contributed by atoms with Crippen molar-refractivity contribution in [1.82, 2.24) is 0 Å². The molecule has 0 radical (unpaired) electrons. The Morgan fingerprint density at radius 1 is 0.318 bits per heavy atom. The van der Waals surface area contributed by atoms with E-state index < -0.39 is 0 Å². The third-order valence-corrected chi connectivity index (χ3v) is 20.6. The molecular weight excluding hydrogens is 1020 g/mol. The molecule has 9 aliphatic rings. The van der Waals surface area contributed by atoms with Crippen LogP contribution in [0.1, 0.15) is 91.3 Å². The van der Waals surface area contributed by atoms with Gasteiger partial charge in [0, 0.05) is 39.5 Å². The van der Waals surface area contributed by atoms with Crippen molar-refractivity contribution < 1.29 is 0 Å². The first-order chi connectivity index (χ1) is 41.8. The third-order valence-electron chi connectivity index (χ3n) is 20.6. The number of anilines is 6. The number of aryl methyl sites for hydroxylation is 4. The van der Waals surface area contributed by atoms with Crippen LogP contribution in [0.25, 0.3) is 55.6 Å². The second-order valence-electron chi connectivity index (χ2n) is 26.1. The van der Waals surface area contributed by atoms with Gasteiger partial charge >= 0.3 is 0 Å². The molecule has 85 heavy (non-hydrogen) atoms. The average molecular weight is 1100 g/mol. The van der Waals surface area contributed by atoms with Crippen LogP contribution in [0.2, 0.25) is 0 Å². The van der Waals surface area contributed by atoms with Crippen LogP contribution in [0.4, 0.5) is 34.1 Å². The summed E-state index contributed by atoms with van der Waals surface area (Å²) in [5, 5.41) is 0. The Hall–Kier alpha value is -8.98. The molecule has 0 heterocycles. The monoisotopic (exact) mass is 1100 g/mol. The molecule has 9 aliphatic carbocycles. The predicted molar refractivity (Wildman–Crippen MR) is 356 cm³/mol. The van der Waals surface area contributed by atoms with Crippen molar-refractivity contribution in [1.29, 1.82) is 0 Å². The van der Waals surface area contributed by atoms with Gasteiger partial charge in [0.05, 0.1) is 0 Å². The SMILES string of the molecule is CC1(C)c2cc(N(c3ccc(-c4c(-c5ccccc5)cccc4-c4ccccc4)cc3)c3cc4ccc3CCc3ccc(c(N(c5ccccc5)c5ccc(C67CC8CC(CC(C8)C6)C7)cc5)c3)CC4)ccc2-c2c(-c3ccccc3)cccc21. The van der Waals surface area contributed by atoms with Crippen molar-refractivity contribution in [2.45, 2.75) is 88.9 Å². The summed E-state index contributed by atoms with van der Waals surface area (Å²) in [7, 11) is 0. The Labute approximate surface area is 503 Å². The van der Waals surface area contributed by atoms with Crippen LogP contribution in [0.3, 0.4) is 0 Å². The zero-order valence-corrected chi connectivity index (χ0v) is 49.0. The van der Waals surface area contributed by atoms with E-state index in [0.29, 0.717) is 5.41 Å². The van der Waals surface area contributed by atoms with Crippen molar-refractivity contribution in [3.8, 4) is 55.6 Å². The Bertz CT molecular complexity index is 4180. The number of nitrogens with zero attached hydrogens (tertiary/aromatic N) is 2. The summed E-state index contributed by atoms with van der Waals surface area (Å²) >= 11 is 0. The fraction of sp³-hybridized carbons (Fsp3) is 0.205. The first kappa shape index (κ1) is 51.6. The van der Waals surface area contributed by atoms with Crippen molar-refractivity contribution in [3.05, 3.63) is 300 Å². The number of fused-ring (bicyclic) bond motifs is 3. The van der Waals surface area contributed by atoms with Crippen LogP contribution >= 0.6 is 0 Å². The highest BCUT2D eigenvalue weighted by Crippen LogP contribution is 2.61. The Morgan fingerprint density at radius 3 is 1.27 bits per heavy atom. The lowest BCUT2D eigenvalue weighted by Gasteiger charge is -2.57. The quantitative estimate of drug-likeness (QED) is 0.127. The van der Waals surface area contributed by atoms with Gasteiger partial charge in [-0.05, 0) is 243 Å². The fourth-order valence-corrected chi connectivity index (χ4v) is 16.9. The largest absolute Gasteiger partial charge is 0.310 e. The molecule has 4 fully saturated rings. The zero-order valence-electron chi connectivity index (χ0n) is 49.0. The van der Waals surface area contributed by atoms with E-state index in [9.17, 15) is 0 Å². The normalized spacial score (nSPS) is 19.4. The molecule has 0 aromatic heterocycles. The van der Waals surface area contributed by atoms with Gasteiger partial charge in [0.15, 0.2) is 0 Å². The van der Waals surface area contributed by atoms with E-state index in [0.717, 1.165) is 49.1 Å². The molecule has 11 aromatic rings. The van der Waals surface area contributed by atoms with Crippen LogP contribution in [0.5, 0.6) is 0 Å². The smallest absolute Gasteiger partial charge is 0.0496 e. The van der Waals surface area contributed by atoms with Crippen LogP contribution in [-0.2, 0) is 36.5 Å². The van der Waals surface area contributed by atoms with E-state index in [1.807, 2.05) is 0 Å². The summed E-state index contributed by atoms with van der Waals surface area (Å²) in [5.41, 5.74) is 29.7. The fourth-order valence-electron chi connectivity index (χ4n) is 16.9. The highest BCUT2D eigenvalue weighted by atomic mass is 15.2. The van der Waals surface area contributed by atoms with Crippen molar-refractivity contribution in [2.24, 2.45) is 17.8 Å². The van der Waals surface area contributed by atoms with Crippen LogP contribution in [-0.4, -0.2) is 0 Å². The Morgan fingerprint density at radius 2 is 0.753 bits per heavy atom. The first-order valence-electron chi connectivity index (χ1n) is 31.5. The number of rotatable bonds is 11. The third kappa shape index (κ3) is 9.16. The number of para-hydroxylation sites is 1. The van der Waals surface area contributed by atoms with Gasteiger partial charge in [-0.2, -0.15) is 0 Å². The molecule has 0 atom stereocenters. The summed E-state index contributed by atoms with van der Waals surface area (Å²) in [6.45, 7) is 4.84. The van der Waals surface area contributed by atoms with Gasteiger partial charge in [-0.1, -0.05) is 214 Å². The molecule has 20 rings (SSSR count). The predicted octanol–water partition coefficient (Wildman–Crippen LogP) is 22.0. The van der Waals surface area contributed by atoms with Gasteiger partial charge in [0.1, 0.15) is 0 Å². The van der Waals surface area contributed by atoms with E-state index in [1.165, 1.54) is 156 Å². The summed E-state index contributed by atoms with van der Waals surface area (Å²) in [6, 6.07) is 99.2. The summed E-state index contributed by atoms with van der Waals surface area (Å²) in [5.74, 6) is 2.77. The molecule has 2 heteroatoms. The molecule has 11 aromatic carbocycles. The lowest BCUT2D eigenvalue weighted by Crippen LogP contribution is -2.48.